The highest BCUT2D eigenvalue weighted by molar-refractivity contribution is 14.0. The number of anilines is 1. The van der Waals surface area contributed by atoms with E-state index in [0.717, 1.165) is 17.8 Å². The lowest BCUT2D eigenvalue weighted by atomic mass is 10.1. The molecule has 0 aliphatic heterocycles. The first-order valence-electron chi connectivity index (χ1n) is 9.50. The monoisotopic (exact) mass is 513 g/mol. The third-order valence-corrected chi connectivity index (χ3v) is 4.58. The zero-order chi connectivity index (χ0) is 20.7. The van der Waals surface area contributed by atoms with E-state index in [4.69, 9.17) is 0 Å². The van der Waals surface area contributed by atoms with E-state index in [1.165, 1.54) is 11.3 Å². The van der Waals surface area contributed by atoms with Gasteiger partial charge in [-0.05, 0) is 51.8 Å². The fourth-order valence-electron chi connectivity index (χ4n) is 3.01. The molecule has 9 heteroatoms. The highest BCUT2D eigenvalue weighted by atomic mass is 127. The summed E-state index contributed by atoms with van der Waals surface area (Å²) in [5, 5.41) is 13.8. The number of aromatic nitrogens is 3. The van der Waals surface area contributed by atoms with Crippen molar-refractivity contribution in [1.29, 1.82) is 0 Å². The summed E-state index contributed by atoms with van der Waals surface area (Å²) in [6.45, 7) is 8.59. The molecule has 2 aromatic heterocycles. The second kappa shape index (κ2) is 11.7. The van der Waals surface area contributed by atoms with E-state index < -0.39 is 0 Å². The Morgan fingerprint density at radius 1 is 1.28 bits per heavy atom. The van der Waals surface area contributed by atoms with E-state index in [2.05, 4.69) is 44.9 Å². The zero-order valence-corrected chi connectivity index (χ0v) is 20.4. The van der Waals surface area contributed by atoms with Crippen molar-refractivity contribution in [1.82, 2.24) is 25.4 Å². The molecule has 1 unspecified atom stereocenters. The number of guanidine groups is 1. The molecule has 2 heterocycles. The first-order valence-corrected chi connectivity index (χ1v) is 9.50. The smallest absolute Gasteiger partial charge is 0.227 e. The fraction of sp³-hybridized carbons (Fsp3) is 0.500. The number of aryl methyl sites for hydroxylation is 3. The number of hydrogen-bond donors (Lipinski definition) is 3. The second-order valence-corrected chi connectivity index (χ2v) is 6.98. The van der Waals surface area contributed by atoms with Gasteiger partial charge in [0, 0.05) is 44.5 Å². The molecule has 3 N–H and O–H groups in total. The summed E-state index contributed by atoms with van der Waals surface area (Å²) in [6, 6.07) is 5.72. The highest BCUT2D eigenvalue weighted by Gasteiger charge is 2.14. The number of pyridine rings is 1. The average molecular weight is 513 g/mol. The van der Waals surface area contributed by atoms with Crippen LogP contribution < -0.4 is 16.0 Å². The Labute approximate surface area is 190 Å². The van der Waals surface area contributed by atoms with E-state index >= 15 is 0 Å². The molecule has 0 saturated carbocycles. The summed E-state index contributed by atoms with van der Waals surface area (Å²) in [7, 11) is 3.68. The summed E-state index contributed by atoms with van der Waals surface area (Å²) < 4.78 is 1.91. The van der Waals surface area contributed by atoms with Gasteiger partial charge in [0.25, 0.3) is 0 Å². The van der Waals surface area contributed by atoms with Crippen LogP contribution >= 0.6 is 24.0 Å². The van der Waals surface area contributed by atoms with Crippen LogP contribution in [0.2, 0.25) is 0 Å². The lowest BCUT2D eigenvalue weighted by Gasteiger charge is -2.18. The summed E-state index contributed by atoms with van der Waals surface area (Å²) in [4.78, 5) is 20.6. The SMILES string of the molecule is CN=C(NCCC(=O)Nc1cccc(C)n1)NC(C)Cc1c(C)nn(C)c1C.I. The fourth-order valence-corrected chi connectivity index (χ4v) is 3.01. The summed E-state index contributed by atoms with van der Waals surface area (Å²) in [5.41, 5.74) is 4.35. The first kappa shape index (κ1) is 24.9. The van der Waals surface area contributed by atoms with Crippen molar-refractivity contribution in [3.63, 3.8) is 0 Å². The van der Waals surface area contributed by atoms with Crippen molar-refractivity contribution in [2.45, 2.75) is 46.6 Å². The lowest BCUT2D eigenvalue weighted by molar-refractivity contribution is -0.116. The molecular formula is C20H32IN7O. The van der Waals surface area contributed by atoms with Crippen LogP contribution in [0.3, 0.4) is 0 Å². The predicted molar refractivity (Wildman–Crippen MR) is 128 cm³/mol. The van der Waals surface area contributed by atoms with Crippen LogP contribution in [-0.4, -0.2) is 46.3 Å². The van der Waals surface area contributed by atoms with Gasteiger partial charge in [-0.15, -0.1) is 24.0 Å². The highest BCUT2D eigenvalue weighted by Crippen LogP contribution is 2.14. The van der Waals surface area contributed by atoms with Gasteiger partial charge in [-0.25, -0.2) is 4.98 Å². The van der Waals surface area contributed by atoms with Gasteiger partial charge in [-0.2, -0.15) is 5.10 Å². The number of aliphatic imine (C=N–C) groups is 1. The molecule has 0 bridgehead atoms. The molecule has 0 fully saturated rings. The second-order valence-electron chi connectivity index (χ2n) is 6.98. The van der Waals surface area contributed by atoms with Gasteiger partial charge >= 0.3 is 0 Å². The Kier molecular flexibility index (Phi) is 10.1. The van der Waals surface area contributed by atoms with E-state index in [9.17, 15) is 4.79 Å². The summed E-state index contributed by atoms with van der Waals surface area (Å²) >= 11 is 0. The van der Waals surface area contributed by atoms with Crippen molar-refractivity contribution < 1.29 is 4.79 Å². The number of amides is 1. The average Bonchev–Trinajstić information content (AvgIpc) is 2.87. The maximum absolute atomic E-state index is 12.1. The number of nitrogens with one attached hydrogen (secondary N) is 3. The van der Waals surface area contributed by atoms with Crippen molar-refractivity contribution in [3.8, 4) is 0 Å². The molecule has 0 saturated heterocycles. The maximum Gasteiger partial charge on any atom is 0.227 e. The van der Waals surface area contributed by atoms with E-state index in [1.54, 1.807) is 13.1 Å². The molecular weight excluding hydrogens is 481 g/mol. The minimum absolute atomic E-state index is 0. The van der Waals surface area contributed by atoms with Gasteiger partial charge < -0.3 is 16.0 Å². The summed E-state index contributed by atoms with van der Waals surface area (Å²) in [6.07, 6.45) is 1.18. The van der Waals surface area contributed by atoms with Gasteiger partial charge in [0.15, 0.2) is 5.96 Å². The molecule has 0 spiro atoms. The Balaban J connectivity index is 0.00000420. The normalized spacial score (nSPS) is 12.1. The Morgan fingerprint density at radius 3 is 2.59 bits per heavy atom. The molecule has 0 aliphatic rings. The summed E-state index contributed by atoms with van der Waals surface area (Å²) in [5.74, 6) is 1.16. The molecule has 2 rings (SSSR count). The van der Waals surface area contributed by atoms with Crippen LogP contribution in [0, 0.1) is 20.8 Å². The topological polar surface area (TPSA) is 96.2 Å². The Bertz CT molecular complexity index is 847. The minimum Gasteiger partial charge on any atom is -0.356 e. The van der Waals surface area contributed by atoms with Crippen molar-refractivity contribution >= 4 is 41.7 Å². The van der Waals surface area contributed by atoms with Crippen LogP contribution in [0.5, 0.6) is 0 Å². The Morgan fingerprint density at radius 2 is 2.00 bits per heavy atom. The third-order valence-electron chi connectivity index (χ3n) is 4.58. The number of nitrogens with zero attached hydrogens (tertiary/aromatic N) is 4. The minimum atomic E-state index is -0.0873. The lowest BCUT2D eigenvalue weighted by Crippen LogP contribution is -2.44. The first-order chi connectivity index (χ1) is 13.3. The molecule has 1 amide bonds. The molecule has 29 heavy (non-hydrogen) atoms. The number of carbonyl (C=O) groups is 1. The molecule has 160 valence electrons. The molecule has 8 nitrogen and oxygen atoms in total. The van der Waals surface area contributed by atoms with Crippen molar-refractivity contribution in [2.24, 2.45) is 12.0 Å². The van der Waals surface area contributed by atoms with Gasteiger partial charge in [0.05, 0.1) is 5.69 Å². The molecule has 0 radical (unpaired) electrons. The van der Waals surface area contributed by atoms with E-state index in [1.807, 2.05) is 37.7 Å². The molecule has 0 aliphatic carbocycles. The molecule has 0 aromatic carbocycles. The zero-order valence-electron chi connectivity index (χ0n) is 18.0. The van der Waals surface area contributed by atoms with E-state index in [-0.39, 0.29) is 35.9 Å². The predicted octanol–water partition coefficient (Wildman–Crippen LogP) is 2.48. The van der Waals surface area contributed by atoms with Crippen molar-refractivity contribution in [3.05, 3.63) is 40.8 Å². The number of rotatable bonds is 7. The quantitative estimate of drug-likeness (QED) is 0.301. The van der Waals surface area contributed by atoms with Crippen LogP contribution in [-0.2, 0) is 18.3 Å². The Hall–Kier alpha value is -2.17. The third kappa shape index (κ3) is 7.64. The van der Waals surface area contributed by atoms with Crippen molar-refractivity contribution in [2.75, 3.05) is 18.9 Å². The molecule has 2 aromatic rings. The standard InChI is InChI=1S/C20H31N7O.HI/c1-13-8-7-9-18(23-13)25-19(28)10-11-22-20(21-5)24-14(2)12-17-15(3)26-27(6)16(17)4;/h7-9,14H,10-12H2,1-6H3,(H2,21,22,24)(H,23,25,28);1H. The van der Waals surface area contributed by atoms with Gasteiger partial charge in [0.1, 0.15) is 5.82 Å². The van der Waals surface area contributed by atoms with Gasteiger partial charge in [-0.3, -0.25) is 14.5 Å². The number of hydrogen-bond acceptors (Lipinski definition) is 4. The van der Waals surface area contributed by atoms with Gasteiger partial charge in [-0.1, -0.05) is 6.07 Å². The van der Waals surface area contributed by atoms with Crippen LogP contribution in [0.25, 0.3) is 0 Å². The number of carbonyl (C=O) groups excluding carboxylic acids is 1. The van der Waals surface area contributed by atoms with Gasteiger partial charge in [0.2, 0.25) is 5.91 Å². The maximum atomic E-state index is 12.1. The van der Waals surface area contributed by atoms with E-state index in [0.29, 0.717) is 24.7 Å². The van der Waals surface area contributed by atoms with Crippen LogP contribution in [0.4, 0.5) is 5.82 Å². The number of halogens is 1. The van der Waals surface area contributed by atoms with Crippen LogP contribution in [0.15, 0.2) is 23.2 Å². The van der Waals surface area contributed by atoms with Crippen LogP contribution in [0.1, 0.15) is 36.0 Å². The largest absolute Gasteiger partial charge is 0.356 e. The molecule has 1 atom stereocenters.